The van der Waals surface area contributed by atoms with E-state index in [1.165, 1.54) is 22.9 Å². The molecule has 1 atom stereocenters. The quantitative estimate of drug-likeness (QED) is 0.714. The first-order valence-corrected chi connectivity index (χ1v) is 7.76. The van der Waals surface area contributed by atoms with Gasteiger partial charge in [-0.05, 0) is 24.1 Å². The molecule has 0 saturated carbocycles. The van der Waals surface area contributed by atoms with E-state index in [0.717, 1.165) is 13.0 Å². The maximum Gasteiger partial charge on any atom is 0.230 e. The predicted molar refractivity (Wildman–Crippen MR) is 87.7 cm³/mol. The van der Waals surface area contributed by atoms with E-state index in [4.69, 9.17) is 5.73 Å². The number of halogens is 1. The third kappa shape index (κ3) is 5.57. The molecule has 0 spiro atoms. The molecule has 5 nitrogen and oxygen atoms in total. The Balaban J connectivity index is 0.00000220. The van der Waals surface area contributed by atoms with Gasteiger partial charge in [0.25, 0.3) is 0 Å². The smallest absolute Gasteiger partial charge is 0.230 e. The van der Waals surface area contributed by atoms with Gasteiger partial charge in [0, 0.05) is 12.6 Å². The lowest BCUT2D eigenvalue weighted by atomic mass is 9.94. The van der Waals surface area contributed by atoms with Crippen LogP contribution in [0.25, 0.3) is 0 Å². The minimum Gasteiger partial charge on any atom is -0.369 e. The van der Waals surface area contributed by atoms with Crippen molar-refractivity contribution in [2.45, 2.75) is 12.5 Å². The van der Waals surface area contributed by atoms with Crippen LogP contribution < -0.4 is 16.4 Å². The first kappa shape index (κ1) is 17.8. The van der Waals surface area contributed by atoms with Gasteiger partial charge >= 0.3 is 0 Å². The summed E-state index contributed by atoms with van der Waals surface area (Å²) in [6, 6.07) is 8.45. The highest BCUT2D eigenvalue weighted by molar-refractivity contribution is 8.00. The molecular formula is C14H20ClN3O2S. The number of amides is 2. The zero-order valence-electron chi connectivity index (χ0n) is 11.6. The zero-order chi connectivity index (χ0) is 14.4. The average molecular weight is 330 g/mol. The van der Waals surface area contributed by atoms with Crippen molar-refractivity contribution in [3.05, 3.63) is 35.4 Å². The summed E-state index contributed by atoms with van der Waals surface area (Å²) in [5.74, 6) is -0.0262. The zero-order valence-corrected chi connectivity index (χ0v) is 13.3. The van der Waals surface area contributed by atoms with Gasteiger partial charge in [-0.1, -0.05) is 24.3 Å². The summed E-state index contributed by atoms with van der Waals surface area (Å²) >= 11 is 1.23. The molecule has 1 aliphatic rings. The van der Waals surface area contributed by atoms with Crippen LogP contribution in [-0.2, 0) is 16.0 Å². The second-order valence-corrected chi connectivity index (χ2v) is 5.70. The summed E-state index contributed by atoms with van der Waals surface area (Å²) < 4.78 is 0. The maximum absolute atomic E-state index is 11.7. The van der Waals surface area contributed by atoms with Crippen molar-refractivity contribution in [3.63, 3.8) is 0 Å². The van der Waals surface area contributed by atoms with Crippen molar-refractivity contribution in [2.75, 3.05) is 24.6 Å². The van der Waals surface area contributed by atoms with Crippen LogP contribution in [0.15, 0.2) is 24.3 Å². The van der Waals surface area contributed by atoms with Gasteiger partial charge in [0.2, 0.25) is 11.8 Å². The van der Waals surface area contributed by atoms with Gasteiger partial charge in [-0.25, -0.2) is 0 Å². The van der Waals surface area contributed by atoms with Crippen molar-refractivity contribution in [1.29, 1.82) is 0 Å². The Bertz CT molecular complexity index is 499. The molecule has 0 aromatic heterocycles. The Morgan fingerprint density at radius 2 is 2.10 bits per heavy atom. The molecule has 1 aliphatic heterocycles. The molecule has 0 bridgehead atoms. The minimum absolute atomic E-state index is 0. The van der Waals surface area contributed by atoms with Gasteiger partial charge in [0.15, 0.2) is 0 Å². The summed E-state index contributed by atoms with van der Waals surface area (Å²) in [4.78, 5) is 22.3. The molecule has 1 unspecified atom stereocenters. The van der Waals surface area contributed by atoms with Crippen LogP contribution >= 0.6 is 24.2 Å². The van der Waals surface area contributed by atoms with E-state index in [0.29, 0.717) is 6.54 Å². The van der Waals surface area contributed by atoms with Gasteiger partial charge < -0.3 is 16.4 Å². The predicted octanol–water partition coefficient (Wildman–Crippen LogP) is 0.630. The van der Waals surface area contributed by atoms with Gasteiger partial charge in [0.05, 0.1) is 11.5 Å². The third-order valence-corrected chi connectivity index (χ3v) is 4.15. The van der Waals surface area contributed by atoms with E-state index in [1.807, 2.05) is 12.1 Å². The molecule has 0 saturated heterocycles. The maximum atomic E-state index is 11.7. The summed E-state index contributed by atoms with van der Waals surface area (Å²) in [6.45, 7) is 1.49. The molecular weight excluding hydrogens is 310 g/mol. The fourth-order valence-electron chi connectivity index (χ4n) is 2.29. The van der Waals surface area contributed by atoms with E-state index < -0.39 is 5.91 Å². The standard InChI is InChI=1S/C14H19N3O2S.ClH/c15-13(18)8-20-9-14(19)17-7-12-11-4-2-1-3-10(11)5-6-16-12;/h1-4,12,16H,5-9H2,(H2,15,18)(H,17,19);1H. The molecule has 1 heterocycles. The summed E-state index contributed by atoms with van der Waals surface area (Å²) in [5.41, 5.74) is 7.62. The van der Waals surface area contributed by atoms with Crippen LogP contribution in [0.3, 0.4) is 0 Å². The van der Waals surface area contributed by atoms with Crippen LogP contribution in [0.1, 0.15) is 17.2 Å². The second-order valence-electron chi connectivity index (χ2n) is 4.72. The molecule has 4 N–H and O–H groups in total. The number of primary amides is 1. The summed E-state index contributed by atoms with van der Waals surface area (Å²) in [6.07, 6.45) is 1.02. The average Bonchev–Trinajstić information content (AvgIpc) is 2.44. The fraction of sp³-hybridized carbons (Fsp3) is 0.429. The van der Waals surface area contributed by atoms with Gasteiger partial charge in [-0.2, -0.15) is 0 Å². The second kappa shape index (κ2) is 8.92. The minimum atomic E-state index is -0.398. The Labute approximate surface area is 134 Å². The van der Waals surface area contributed by atoms with Gasteiger partial charge in [-0.3, -0.25) is 9.59 Å². The summed E-state index contributed by atoms with van der Waals surface area (Å²) in [5, 5.41) is 6.30. The molecule has 1 aromatic rings. The number of fused-ring (bicyclic) bond motifs is 1. The molecule has 1 aromatic carbocycles. The Hall–Kier alpha value is -1.24. The van der Waals surface area contributed by atoms with E-state index in [2.05, 4.69) is 22.8 Å². The molecule has 116 valence electrons. The third-order valence-electron chi connectivity index (χ3n) is 3.20. The Morgan fingerprint density at radius 3 is 2.86 bits per heavy atom. The van der Waals surface area contributed by atoms with Gasteiger partial charge in [0.1, 0.15) is 0 Å². The number of carbonyl (C=O) groups excluding carboxylic acids is 2. The highest BCUT2D eigenvalue weighted by Crippen LogP contribution is 2.21. The van der Waals surface area contributed by atoms with E-state index in [1.54, 1.807) is 0 Å². The molecule has 7 heteroatoms. The normalized spacial score (nSPS) is 16.5. The number of nitrogens with one attached hydrogen (secondary N) is 2. The number of benzene rings is 1. The first-order chi connectivity index (χ1) is 9.66. The number of nitrogens with two attached hydrogens (primary N) is 1. The first-order valence-electron chi connectivity index (χ1n) is 6.60. The van der Waals surface area contributed by atoms with E-state index in [-0.39, 0.29) is 35.9 Å². The highest BCUT2D eigenvalue weighted by atomic mass is 35.5. The van der Waals surface area contributed by atoms with E-state index >= 15 is 0 Å². The number of carbonyl (C=O) groups is 2. The molecule has 0 fully saturated rings. The number of hydrogen-bond donors (Lipinski definition) is 3. The molecule has 0 aliphatic carbocycles. The van der Waals surface area contributed by atoms with Crippen LogP contribution in [0.4, 0.5) is 0 Å². The lowest BCUT2D eigenvalue weighted by Crippen LogP contribution is -2.39. The van der Waals surface area contributed by atoms with Crippen LogP contribution in [0.2, 0.25) is 0 Å². The number of hydrogen-bond acceptors (Lipinski definition) is 4. The largest absolute Gasteiger partial charge is 0.369 e. The lowest BCUT2D eigenvalue weighted by molar-refractivity contribution is -0.118. The molecule has 0 radical (unpaired) electrons. The Morgan fingerprint density at radius 1 is 1.33 bits per heavy atom. The lowest BCUT2D eigenvalue weighted by Gasteiger charge is -2.27. The van der Waals surface area contributed by atoms with Crippen molar-refractivity contribution >= 4 is 36.0 Å². The van der Waals surface area contributed by atoms with Crippen LogP contribution in [0.5, 0.6) is 0 Å². The monoisotopic (exact) mass is 329 g/mol. The molecule has 21 heavy (non-hydrogen) atoms. The van der Waals surface area contributed by atoms with Gasteiger partial charge in [-0.15, -0.1) is 24.2 Å². The molecule has 2 amide bonds. The van der Waals surface area contributed by atoms with Crippen LogP contribution in [-0.4, -0.2) is 36.4 Å². The number of rotatable bonds is 6. The Kier molecular flexibility index (Phi) is 7.56. The van der Waals surface area contributed by atoms with Crippen molar-refractivity contribution in [2.24, 2.45) is 5.73 Å². The topological polar surface area (TPSA) is 84.2 Å². The fourth-order valence-corrected chi connectivity index (χ4v) is 2.88. The summed E-state index contributed by atoms with van der Waals surface area (Å²) in [7, 11) is 0. The van der Waals surface area contributed by atoms with E-state index in [9.17, 15) is 9.59 Å². The van der Waals surface area contributed by atoms with Crippen molar-refractivity contribution in [3.8, 4) is 0 Å². The van der Waals surface area contributed by atoms with Crippen molar-refractivity contribution in [1.82, 2.24) is 10.6 Å². The van der Waals surface area contributed by atoms with Crippen LogP contribution in [0, 0.1) is 0 Å². The van der Waals surface area contributed by atoms with Crippen molar-refractivity contribution < 1.29 is 9.59 Å². The highest BCUT2D eigenvalue weighted by Gasteiger charge is 2.19. The molecule has 2 rings (SSSR count). The number of thioether (sulfide) groups is 1. The SMILES string of the molecule is Cl.NC(=O)CSCC(=O)NCC1NCCc2ccccc21.